The molecule has 16 heavy (non-hydrogen) atoms. The molecule has 0 spiro atoms. The molecule has 1 aromatic heterocycles. The number of esters is 1. The topological polar surface area (TPSA) is 48.1 Å². The molecule has 2 rings (SSSR count). The number of rotatable bonds is 5. The van der Waals surface area contributed by atoms with E-state index in [2.05, 4.69) is 0 Å². The standard InChI is InChI=1S/C10H12O4S2/c1-12-10(11)9-8(7(15-2)5-16-9)14-4-6-3-13-6/h5-6H,3-4H2,1-2H3. The lowest BCUT2D eigenvalue weighted by molar-refractivity contribution is 0.0601. The van der Waals surface area contributed by atoms with E-state index in [1.807, 2.05) is 11.6 Å². The van der Waals surface area contributed by atoms with Gasteiger partial charge in [0.15, 0.2) is 10.6 Å². The maximum absolute atomic E-state index is 11.5. The highest BCUT2D eigenvalue weighted by Crippen LogP contribution is 2.37. The number of hydrogen-bond acceptors (Lipinski definition) is 6. The second-order valence-corrected chi connectivity index (χ2v) is 4.95. The summed E-state index contributed by atoms with van der Waals surface area (Å²) in [5, 5.41) is 1.90. The van der Waals surface area contributed by atoms with Crippen LogP contribution in [0.2, 0.25) is 0 Å². The summed E-state index contributed by atoms with van der Waals surface area (Å²) in [6.07, 6.45) is 2.13. The Kier molecular flexibility index (Phi) is 3.73. The van der Waals surface area contributed by atoms with E-state index in [0.717, 1.165) is 11.5 Å². The van der Waals surface area contributed by atoms with Crippen LogP contribution >= 0.6 is 23.1 Å². The Hall–Kier alpha value is -0.720. The molecule has 0 bridgehead atoms. The quantitative estimate of drug-likeness (QED) is 0.460. The van der Waals surface area contributed by atoms with E-state index in [0.29, 0.717) is 17.2 Å². The molecule has 1 saturated heterocycles. The van der Waals surface area contributed by atoms with Crippen molar-refractivity contribution in [3.63, 3.8) is 0 Å². The first-order chi connectivity index (χ1) is 7.76. The molecule has 0 amide bonds. The van der Waals surface area contributed by atoms with Crippen molar-refractivity contribution >= 4 is 29.1 Å². The van der Waals surface area contributed by atoms with E-state index in [4.69, 9.17) is 14.2 Å². The summed E-state index contributed by atoms with van der Waals surface area (Å²) in [7, 11) is 1.37. The lowest BCUT2D eigenvalue weighted by Crippen LogP contribution is -2.08. The van der Waals surface area contributed by atoms with E-state index < -0.39 is 0 Å². The molecule has 0 N–H and O–H groups in total. The number of hydrogen-bond donors (Lipinski definition) is 0. The van der Waals surface area contributed by atoms with Crippen LogP contribution < -0.4 is 4.74 Å². The molecule has 0 saturated carbocycles. The average molecular weight is 260 g/mol. The number of ether oxygens (including phenoxy) is 3. The fraction of sp³-hybridized carbons (Fsp3) is 0.500. The maximum Gasteiger partial charge on any atom is 0.351 e. The van der Waals surface area contributed by atoms with Gasteiger partial charge in [-0.05, 0) is 6.26 Å². The van der Waals surface area contributed by atoms with Gasteiger partial charge in [0.2, 0.25) is 0 Å². The summed E-state index contributed by atoms with van der Waals surface area (Å²) >= 11 is 2.90. The maximum atomic E-state index is 11.5. The first-order valence-electron chi connectivity index (χ1n) is 4.74. The normalized spacial score (nSPS) is 18.2. The zero-order valence-corrected chi connectivity index (χ0v) is 10.7. The van der Waals surface area contributed by atoms with Crippen molar-refractivity contribution in [1.82, 2.24) is 0 Å². The molecule has 1 aliphatic heterocycles. The monoisotopic (exact) mass is 260 g/mol. The Labute approximate surface area is 102 Å². The smallest absolute Gasteiger partial charge is 0.351 e. The van der Waals surface area contributed by atoms with Gasteiger partial charge < -0.3 is 14.2 Å². The Morgan fingerprint density at radius 1 is 1.75 bits per heavy atom. The fourth-order valence-corrected chi connectivity index (χ4v) is 2.91. The minimum Gasteiger partial charge on any atom is -0.488 e. The number of thiophene rings is 1. The van der Waals surface area contributed by atoms with Crippen LogP contribution in [0.25, 0.3) is 0 Å². The van der Waals surface area contributed by atoms with Crippen molar-refractivity contribution in [2.45, 2.75) is 11.0 Å². The van der Waals surface area contributed by atoms with Crippen LogP contribution in [0.3, 0.4) is 0 Å². The van der Waals surface area contributed by atoms with E-state index in [-0.39, 0.29) is 12.1 Å². The summed E-state index contributed by atoms with van der Waals surface area (Å²) < 4.78 is 15.4. The number of carbonyl (C=O) groups excluding carboxylic acids is 1. The van der Waals surface area contributed by atoms with Gasteiger partial charge in [-0.15, -0.1) is 23.1 Å². The predicted octanol–water partition coefficient (Wildman–Crippen LogP) is 2.03. The highest BCUT2D eigenvalue weighted by molar-refractivity contribution is 7.98. The van der Waals surface area contributed by atoms with Crippen molar-refractivity contribution in [3.05, 3.63) is 10.3 Å². The molecule has 4 nitrogen and oxygen atoms in total. The Morgan fingerprint density at radius 2 is 2.50 bits per heavy atom. The summed E-state index contributed by atoms with van der Waals surface area (Å²) in [5.41, 5.74) is 0. The second-order valence-electron chi connectivity index (χ2n) is 3.22. The highest BCUT2D eigenvalue weighted by atomic mass is 32.2. The minimum atomic E-state index is -0.350. The van der Waals surface area contributed by atoms with Crippen molar-refractivity contribution in [1.29, 1.82) is 0 Å². The highest BCUT2D eigenvalue weighted by Gasteiger charge is 2.26. The summed E-state index contributed by atoms with van der Waals surface area (Å²) in [5.74, 6) is 0.275. The molecule has 2 heterocycles. The Bertz CT molecular complexity index is 384. The second kappa shape index (κ2) is 5.07. The van der Waals surface area contributed by atoms with E-state index in [1.165, 1.54) is 18.4 Å². The van der Waals surface area contributed by atoms with Gasteiger partial charge in [0.05, 0.1) is 18.6 Å². The lowest BCUT2D eigenvalue weighted by atomic mass is 10.4. The summed E-state index contributed by atoms with van der Waals surface area (Å²) in [6.45, 7) is 1.24. The van der Waals surface area contributed by atoms with Crippen molar-refractivity contribution in [2.24, 2.45) is 0 Å². The van der Waals surface area contributed by atoms with E-state index in [1.54, 1.807) is 11.8 Å². The molecule has 88 valence electrons. The molecule has 0 radical (unpaired) electrons. The van der Waals surface area contributed by atoms with Crippen LogP contribution in [0, 0.1) is 0 Å². The van der Waals surface area contributed by atoms with Gasteiger partial charge >= 0.3 is 5.97 Å². The van der Waals surface area contributed by atoms with Crippen LogP contribution in [0.15, 0.2) is 10.3 Å². The zero-order chi connectivity index (χ0) is 11.5. The third kappa shape index (κ3) is 2.50. The van der Waals surface area contributed by atoms with Gasteiger partial charge in [0.25, 0.3) is 0 Å². The van der Waals surface area contributed by atoms with Gasteiger partial charge in [-0.2, -0.15) is 0 Å². The fourth-order valence-electron chi connectivity index (χ4n) is 1.18. The van der Waals surface area contributed by atoms with Crippen molar-refractivity contribution in [2.75, 3.05) is 26.6 Å². The summed E-state index contributed by atoms with van der Waals surface area (Å²) in [6, 6.07) is 0. The molecule has 1 aliphatic rings. The lowest BCUT2D eigenvalue weighted by Gasteiger charge is -2.06. The first kappa shape index (κ1) is 11.8. The largest absolute Gasteiger partial charge is 0.488 e. The summed E-state index contributed by atoms with van der Waals surface area (Å²) in [4.78, 5) is 13.0. The third-order valence-electron chi connectivity index (χ3n) is 2.12. The average Bonchev–Trinajstić information content (AvgIpc) is 3.04. The molecule has 0 aliphatic carbocycles. The van der Waals surface area contributed by atoms with Gasteiger partial charge in [0.1, 0.15) is 12.7 Å². The number of thioether (sulfide) groups is 1. The molecule has 0 aromatic carbocycles. The predicted molar refractivity (Wildman–Crippen MR) is 62.7 cm³/mol. The zero-order valence-electron chi connectivity index (χ0n) is 9.02. The molecule has 6 heteroatoms. The van der Waals surface area contributed by atoms with E-state index in [9.17, 15) is 4.79 Å². The van der Waals surface area contributed by atoms with E-state index >= 15 is 0 Å². The minimum absolute atomic E-state index is 0.181. The SMILES string of the molecule is COC(=O)c1scc(SC)c1OCC1CO1. The molecule has 1 atom stereocenters. The van der Waals surface area contributed by atoms with Gasteiger partial charge in [0, 0.05) is 5.38 Å². The third-order valence-corrected chi connectivity index (χ3v) is 3.95. The Morgan fingerprint density at radius 3 is 3.06 bits per heavy atom. The van der Waals surface area contributed by atoms with Gasteiger partial charge in [-0.1, -0.05) is 0 Å². The van der Waals surface area contributed by atoms with Crippen LogP contribution in [-0.2, 0) is 9.47 Å². The van der Waals surface area contributed by atoms with Gasteiger partial charge in [-0.3, -0.25) is 0 Å². The molecular formula is C10H12O4S2. The number of methoxy groups -OCH3 is 1. The van der Waals surface area contributed by atoms with Crippen molar-refractivity contribution < 1.29 is 19.0 Å². The molecule has 1 fully saturated rings. The van der Waals surface area contributed by atoms with Crippen molar-refractivity contribution in [3.8, 4) is 5.75 Å². The van der Waals surface area contributed by atoms with Crippen LogP contribution in [0.4, 0.5) is 0 Å². The Balaban J connectivity index is 2.15. The van der Waals surface area contributed by atoms with Crippen LogP contribution in [-0.4, -0.2) is 38.7 Å². The van der Waals surface area contributed by atoms with Gasteiger partial charge in [-0.25, -0.2) is 4.79 Å². The molecule has 1 unspecified atom stereocenters. The molecular weight excluding hydrogens is 248 g/mol. The molecule has 1 aromatic rings. The number of carbonyl (C=O) groups is 1. The first-order valence-corrected chi connectivity index (χ1v) is 6.85. The van der Waals surface area contributed by atoms with Crippen LogP contribution in [0.5, 0.6) is 5.75 Å². The number of epoxide rings is 1. The van der Waals surface area contributed by atoms with Crippen LogP contribution in [0.1, 0.15) is 9.67 Å².